The Balaban J connectivity index is 1.78. The van der Waals surface area contributed by atoms with Crippen molar-refractivity contribution in [2.45, 2.75) is 64.7 Å². The summed E-state index contributed by atoms with van der Waals surface area (Å²) in [6, 6.07) is 4.36. The first-order valence-electron chi connectivity index (χ1n) is 10.9. The van der Waals surface area contributed by atoms with E-state index in [0.29, 0.717) is 5.90 Å². The van der Waals surface area contributed by atoms with Crippen molar-refractivity contribution >= 4 is 17.7 Å². The number of nitrogens with zero attached hydrogens (tertiary/aromatic N) is 2. The molecule has 1 aromatic rings. The molecule has 164 valence electrons. The van der Waals surface area contributed by atoms with Crippen molar-refractivity contribution in [3.05, 3.63) is 47.8 Å². The molecule has 1 unspecified atom stereocenters. The zero-order valence-corrected chi connectivity index (χ0v) is 18.3. The summed E-state index contributed by atoms with van der Waals surface area (Å²) >= 11 is 0. The first kappa shape index (κ1) is 23.6. The van der Waals surface area contributed by atoms with Gasteiger partial charge in [0.2, 0.25) is 0 Å². The van der Waals surface area contributed by atoms with Crippen molar-refractivity contribution in [2.75, 3.05) is 19.0 Å². The summed E-state index contributed by atoms with van der Waals surface area (Å²) in [5.74, 6) is 0.717. The minimum atomic E-state index is -0.799. The van der Waals surface area contributed by atoms with E-state index in [-0.39, 0.29) is 12.3 Å². The molecule has 30 heavy (non-hydrogen) atoms. The van der Waals surface area contributed by atoms with Crippen molar-refractivity contribution in [3.63, 3.8) is 0 Å². The molecule has 0 saturated heterocycles. The van der Waals surface area contributed by atoms with Crippen molar-refractivity contribution in [3.8, 4) is 0 Å². The number of anilines is 1. The maximum absolute atomic E-state index is 11.3. The first-order chi connectivity index (χ1) is 14.5. The molecule has 6 heteroatoms. The molecule has 1 atom stereocenters. The summed E-state index contributed by atoms with van der Waals surface area (Å²) in [5.41, 5.74) is 3.32. The Labute approximate surface area is 180 Å². The van der Waals surface area contributed by atoms with E-state index in [0.717, 1.165) is 68.6 Å². The predicted octanol–water partition coefficient (Wildman–Crippen LogP) is 5.16. The number of nitrogens with one attached hydrogen (secondary N) is 1. The number of carbonyl (C=O) groups is 1. The lowest BCUT2D eigenvalue weighted by Gasteiger charge is -2.17. The maximum Gasteiger partial charge on any atom is 0.303 e. The van der Waals surface area contributed by atoms with Crippen LogP contribution >= 0.6 is 0 Å². The monoisotopic (exact) mass is 413 g/mol. The highest BCUT2D eigenvalue weighted by Gasteiger charge is 2.16. The van der Waals surface area contributed by atoms with Crippen molar-refractivity contribution < 1.29 is 14.6 Å². The van der Waals surface area contributed by atoms with Crippen molar-refractivity contribution in [2.24, 2.45) is 10.9 Å². The molecule has 0 aliphatic carbocycles. The molecule has 6 nitrogen and oxygen atoms in total. The van der Waals surface area contributed by atoms with E-state index < -0.39 is 5.97 Å². The number of rotatable bonds is 12. The van der Waals surface area contributed by atoms with Gasteiger partial charge in [0.15, 0.2) is 5.90 Å². The number of aliphatic carboxylic acids is 1. The van der Waals surface area contributed by atoms with Crippen molar-refractivity contribution in [1.29, 1.82) is 0 Å². The Morgan fingerprint density at radius 1 is 1.37 bits per heavy atom. The highest BCUT2D eigenvalue weighted by atomic mass is 16.5. The molecule has 0 amide bonds. The van der Waals surface area contributed by atoms with Crippen molar-refractivity contribution in [1.82, 2.24) is 4.98 Å². The van der Waals surface area contributed by atoms with Gasteiger partial charge in [-0.2, -0.15) is 0 Å². The molecule has 0 saturated carbocycles. The van der Waals surface area contributed by atoms with Crippen LogP contribution in [0.15, 0.2) is 41.6 Å². The van der Waals surface area contributed by atoms with Crippen LogP contribution in [0.2, 0.25) is 0 Å². The Hall–Kier alpha value is -2.63. The zero-order chi connectivity index (χ0) is 21.8. The van der Waals surface area contributed by atoms with Crippen LogP contribution < -0.4 is 5.32 Å². The van der Waals surface area contributed by atoms with E-state index in [1.807, 2.05) is 0 Å². The van der Waals surface area contributed by atoms with Crippen LogP contribution in [0.25, 0.3) is 0 Å². The van der Waals surface area contributed by atoms with Crippen LogP contribution in [0.3, 0.4) is 0 Å². The average Bonchev–Trinajstić information content (AvgIpc) is 2.75. The normalized spacial score (nSPS) is 15.1. The van der Waals surface area contributed by atoms with E-state index in [4.69, 9.17) is 9.72 Å². The SMILES string of the molecule is C=C/C(=C\N=C(C)OC)C(CCCCCCc1ccc2c(n1)NCCC2)CC(=O)O. The Morgan fingerprint density at radius 2 is 2.17 bits per heavy atom. The van der Waals surface area contributed by atoms with Gasteiger partial charge in [0, 0.05) is 25.4 Å². The average molecular weight is 414 g/mol. The van der Waals surface area contributed by atoms with Crippen LogP contribution in [0.1, 0.15) is 63.1 Å². The molecule has 2 N–H and O–H groups in total. The fourth-order valence-electron chi connectivity index (χ4n) is 3.70. The fraction of sp³-hybridized carbons (Fsp3) is 0.542. The van der Waals surface area contributed by atoms with Crippen LogP contribution in [0.5, 0.6) is 0 Å². The predicted molar refractivity (Wildman–Crippen MR) is 122 cm³/mol. The second kappa shape index (κ2) is 12.8. The summed E-state index contributed by atoms with van der Waals surface area (Å²) in [4.78, 5) is 20.3. The molecule has 2 heterocycles. The van der Waals surface area contributed by atoms with Crippen LogP contribution in [-0.4, -0.2) is 35.6 Å². The second-order valence-electron chi connectivity index (χ2n) is 7.77. The number of ether oxygens (including phenoxy) is 1. The quantitative estimate of drug-likeness (QED) is 0.214. The third-order valence-corrected chi connectivity index (χ3v) is 5.51. The molecule has 0 fully saturated rings. The molecule has 1 aromatic heterocycles. The number of fused-ring (bicyclic) bond motifs is 1. The number of aliphatic imine (C=N–C) groups is 1. The van der Waals surface area contributed by atoms with E-state index in [1.165, 1.54) is 12.0 Å². The molecule has 1 aliphatic rings. The van der Waals surface area contributed by atoms with E-state index >= 15 is 0 Å². The number of aryl methyl sites for hydroxylation is 2. The molecular weight excluding hydrogens is 378 g/mol. The Kier molecular flexibility index (Phi) is 10.1. The van der Waals surface area contributed by atoms with E-state index in [9.17, 15) is 9.90 Å². The molecule has 0 bridgehead atoms. The summed E-state index contributed by atoms with van der Waals surface area (Å²) < 4.78 is 5.04. The van der Waals surface area contributed by atoms with Gasteiger partial charge in [-0.1, -0.05) is 38.0 Å². The molecular formula is C24H35N3O3. The minimum Gasteiger partial charge on any atom is -0.484 e. The van der Waals surface area contributed by atoms with Gasteiger partial charge in [-0.3, -0.25) is 4.79 Å². The highest BCUT2D eigenvalue weighted by Crippen LogP contribution is 2.24. The molecule has 0 spiro atoms. The maximum atomic E-state index is 11.3. The summed E-state index contributed by atoms with van der Waals surface area (Å²) in [7, 11) is 1.56. The standard InChI is InChI=1S/C24H35N3O3/c1-4-19(17-26-18(2)30-3)21(16-23(28)29)10-7-5-6-8-12-22-14-13-20-11-9-15-25-24(20)27-22/h4,13-14,17,21H,1,5-12,15-16H2,2-3H3,(H,25,27)(H,28,29)/b19-17+,26-18?. The number of hydrogen-bond donors (Lipinski definition) is 2. The van der Waals surface area contributed by atoms with Gasteiger partial charge in [-0.25, -0.2) is 9.98 Å². The van der Waals surface area contributed by atoms with E-state index in [1.54, 1.807) is 26.3 Å². The number of pyridine rings is 1. The lowest BCUT2D eigenvalue weighted by molar-refractivity contribution is -0.137. The number of carboxylic acids is 1. The summed E-state index contributed by atoms with van der Waals surface area (Å²) in [5, 5.41) is 12.7. The second-order valence-corrected chi connectivity index (χ2v) is 7.77. The summed E-state index contributed by atoms with van der Waals surface area (Å²) in [6.07, 6.45) is 11.8. The van der Waals surface area contributed by atoms with Gasteiger partial charge in [-0.15, -0.1) is 0 Å². The number of unbranched alkanes of at least 4 members (excludes halogenated alkanes) is 3. The highest BCUT2D eigenvalue weighted by molar-refractivity contribution is 5.73. The topological polar surface area (TPSA) is 83.8 Å². The van der Waals surface area contributed by atoms with Crippen LogP contribution in [-0.2, 0) is 22.4 Å². The van der Waals surface area contributed by atoms with Crippen LogP contribution in [0, 0.1) is 5.92 Å². The lowest BCUT2D eigenvalue weighted by atomic mass is 9.90. The van der Waals surface area contributed by atoms with Gasteiger partial charge >= 0.3 is 5.97 Å². The first-order valence-corrected chi connectivity index (χ1v) is 10.9. The number of hydrogen-bond acceptors (Lipinski definition) is 5. The van der Waals surface area contributed by atoms with Gasteiger partial charge < -0.3 is 15.2 Å². The third-order valence-electron chi connectivity index (χ3n) is 5.51. The molecule has 0 radical (unpaired) electrons. The molecule has 2 rings (SSSR count). The lowest BCUT2D eigenvalue weighted by Crippen LogP contribution is -2.14. The smallest absolute Gasteiger partial charge is 0.303 e. The Bertz CT molecular complexity index is 771. The van der Waals surface area contributed by atoms with Gasteiger partial charge in [0.05, 0.1) is 13.5 Å². The van der Waals surface area contributed by atoms with Gasteiger partial charge in [-0.05, 0) is 55.2 Å². The van der Waals surface area contributed by atoms with E-state index in [2.05, 4.69) is 29.0 Å². The Morgan fingerprint density at radius 3 is 2.90 bits per heavy atom. The summed E-state index contributed by atoms with van der Waals surface area (Å²) in [6.45, 7) is 6.60. The third kappa shape index (κ3) is 8.01. The number of carboxylic acid groups (broad SMARTS) is 1. The number of methoxy groups -OCH3 is 1. The molecule has 0 aromatic carbocycles. The molecule has 1 aliphatic heterocycles. The minimum absolute atomic E-state index is 0.0817. The number of aromatic nitrogens is 1. The largest absolute Gasteiger partial charge is 0.484 e. The van der Waals surface area contributed by atoms with Crippen LogP contribution in [0.4, 0.5) is 5.82 Å². The van der Waals surface area contributed by atoms with Gasteiger partial charge in [0.1, 0.15) is 5.82 Å². The zero-order valence-electron chi connectivity index (χ0n) is 18.3. The van der Waals surface area contributed by atoms with Gasteiger partial charge in [0.25, 0.3) is 0 Å². The number of allylic oxidation sites excluding steroid dienone is 2. The fourth-order valence-corrected chi connectivity index (χ4v) is 3.70.